The van der Waals surface area contributed by atoms with Crippen molar-refractivity contribution >= 4 is 46.0 Å². The first-order valence-corrected chi connectivity index (χ1v) is 6.54. The molecule has 0 aromatic carbocycles. The first kappa shape index (κ1) is 12.7. The van der Waals surface area contributed by atoms with Crippen molar-refractivity contribution in [2.45, 2.75) is 11.3 Å². The Hall–Kier alpha value is -1.74. The smallest absolute Gasteiger partial charge is 0.313 e. The van der Waals surface area contributed by atoms with E-state index in [1.54, 1.807) is 6.92 Å². The Bertz CT molecular complexity index is 566. The SMILES string of the molecule is CC1=CC(=O)N(c2nnc(SCC(=O)O)s2)C1=O. The summed E-state index contributed by atoms with van der Waals surface area (Å²) in [6.07, 6.45) is 1.23. The molecule has 2 heterocycles. The van der Waals surface area contributed by atoms with Gasteiger partial charge in [-0.2, -0.15) is 0 Å². The minimum absolute atomic E-state index is 0.145. The summed E-state index contributed by atoms with van der Waals surface area (Å²) in [5, 5.41) is 16.1. The van der Waals surface area contributed by atoms with Gasteiger partial charge in [-0.25, -0.2) is 4.90 Å². The molecule has 1 aromatic heterocycles. The van der Waals surface area contributed by atoms with Crippen molar-refractivity contribution in [1.82, 2.24) is 10.2 Å². The zero-order valence-corrected chi connectivity index (χ0v) is 10.7. The van der Waals surface area contributed by atoms with Gasteiger partial charge >= 0.3 is 5.97 Å². The Labute approximate surface area is 110 Å². The van der Waals surface area contributed by atoms with Crippen molar-refractivity contribution in [3.63, 3.8) is 0 Å². The molecule has 0 saturated carbocycles. The predicted octanol–water partition coefficient (Wildman–Crippen LogP) is 0.534. The van der Waals surface area contributed by atoms with E-state index in [1.807, 2.05) is 0 Å². The number of nitrogens with zero attached hydrogens (tertiary/aromatic N) is 3. The first-order chi connectivity index (χ1) is 8.49. The van der Waals surface area contributed by atoms with Crippen LogP contribution in [0, 0.1) is 0 Å². The number of aliphatic carboxylic acids is 1. The van der Waals surface area contributed by atoms with Gasteiger partial charge in [-0.15, -0.1) is 10.2 Å². The topological polar surface area (TPSA) is 100 Å². The lowest BCUT2D eigenvalue weighted by molar-refractivity contribution is -0.134. The average molecular weight is 285 g/mol. The van der Waals surface area contributed by atoms with Crippen LogP contribution in [-0.2, 0) is 14.4 Å². The van der Waals surface area contributed by atoms with E-state index in [0.717, 1.165) is 28.0 Å². The van der Waals surface area contributed by atoms with Gasteiger partial charge in [-0.05, 0) is 6.92 Å². The Balaban J connectivity index is 2.14. The van der Waals surface area contributed by atoms with Gasteiger partial charge in [-0.3, -0.25) is 14.4 Å². The third-order valence-corrected chi connectivity index (χ3v) is 4.03. The van der Waals surface area contributed by atoms with E-state index >= 15 is 0 Å². The summed E-state index contributed by atoms with van der Waals surface area (Å²) in [6.45, 7) is 1.54. The molecule has 0 bridgehead atoms. The Morgan fingerprint density at radius 2 is 2.22 bits per heavy atom. The van der Waals surface area contributed by atoms with Crippen molar-refractivity contribution in [1.29, 1.82) is 0 Å². The fourth-order valence-corrected chi connectivity index (χ4v) is 2.81. The maximum Gasteiger partial charge on any atom is 0.313 e. The number of anilines is 1. The summed E-state index contributed by atoms with van der Waals surface area (Å²) in [5.41, 5.74) is 0.343. The van der Waals surface area contributed by atoms with Crippen LogP contribution in [0.5, 0.6) is 0 Å². The van der Waals surface area contributed by atoms with Crippen molar-refractivity contribution < 1.29 is 19.5 Å². The Morgan fingerprint density at radius 3 is 2.78 bits per heavy atom. The molecule has 18 heavy (non-hydrogen) atoms. The van der Waals surface area contributed by atoms with E-state index in [0.29, 0.717) is 9.91 Å². The molecule has 1 aliphatic rings. The number of hydrogen-bond donors (Lipinski definition) is 1. The van der Waals surface area contributed by atoms with Gasteiger partial charge in [0, 0.05) is 11.6 Å². The second-order valence-electron chi connectivity index (χ2n) is 3.34. The number of carboxylic acids is 1. The molecular formula is C9H7N3O4S2. The molecule has 0 radical (unpaired) electrons. The molecule has 9 heteroatoms. The highest BCUT2D eigenvalue weighted by atomic mass is 32.2. The lowest BCUT2D eigenvalue weighted by Crippen LogP contribution is -2.30. The van der Waals surface area contributed by atoms with Crippen LogP contribution >= 0.6 is 23.1 Å². The van der Waals surface area contributed by atoms with Crippen molar-refractivity contribution in [2.24, 2.45) is 0 Å². The molecule has 0 spiro atoms. The molecule has 2 amide bonds. The minimum Gasteiger partial charge on any atom is -0.481 e. The second-order valence-corrected chi connectivity index (χ2v) is 5.52. The van der Waals surface area contributed by atoms with Crippen LogP contribution in [0.1, 0.15) is 6.92 Å². The number of amides is 2. The standard InChI is InChI=1S/C9H7N3O4S2/c1-4-2-5(13)12(7(4)16)8-10-11-9(18-8)17-3-6(14)15/h2H,3H2,1H3,(H,14,15). The van der Waals surface area contributed by atoms with Crippen LogP contribution in [0.3, 0.4) is 0 Å². The zero-order chi connectivity index (χ0) is 13.3. The minimum atomic E-state index is -0.970. The Kier molecular flexibility index (Phi) is 3.43. The van der Waals surface area contributed by atoms with Gasteiger partial charge < -0.3 is 5.11 Å². The van der Waals surface area contributed by atoms with Gasteiger partial charge in [0.25, 0.3) is 11.8 Å². The maximum atomic E-state index is 11.7. The Morgan fingerprint density at radius 1 is 1.50 bits per heavy atom. The summed E-state index contributed by atoms with van der Waals surface area (Å²) in [4.78, 5) is 34.5. The number of hydrogen-bond acceptors (Lipinski definition) is 7. The van der Waals surface area contributed by atoms with Crippen LogP contribution in [-0.4, -0.2) is 38.8 Å². The van der Waals surface area contributed by atoms with Crippen LogP contribution in [0.2, 0.25) is 0 Å². The van der Waals surface area contributed by atoms with Gasteiger partial charge in [0.05, 0.1) is 5.75 Å². The summed E-state index contributed by atoms with van der Waals surface area (Å²) < 4.78 is 0.401. The molecule has 2 rings (SSSR count). The fraction of sp³-hybridized carbons (Fsp3) is 0.222. The molecule has 0 aliphatic carbocycles. The number of rotatable bonds is 4. The third-order valence-electron chi connectivity index (χ3n) is 2.01. The number of carbonyl (C=O) groups is 3. The molecule has 1 aromatic rings. The monoisotopic (exact) mass is 285 g/mol. The van der Waals surface area contributed by atoms with Gasteiger partial charge in [0.1, 0.15) is 0 Å². The normalized spacial score (nSPS) is 15.2. The highest BCUT2D eigenvalue weighted by Gasteiger charge is 2.32. The highest BCUT2D eigenvalue weighted by Crippen LogP contribution is 2.30. The summed E-state index contributed by atoms with van der Waals surface area (Å²) in [6, 6.07) is 0. The molecule has 1 N–H and O–H groups in total. The van der Waals surface area contributed by atoms with Crippen molar-refractivity contribution in [3.8, 4) is 0 Å². The number of thioether (sulfide) groups is 1. The highest BCUT2D eigenvalue weighted by molar-refractivity contribution is 8.01. The van der Waals surface area contributed by atoms with E-state index in [-0.39, 0.29) is 10.9 Å². The van der Waals surface area contributed by atoms with E-state index < -0.39 is 17.8 Å². The van der Waals surface area contributed by atoms with Gasteiger partial charge in [-0.1, -0.05) is 23.1 Å². The van der Waals surface area contributed by atoms with Crippen molar-refractivity contribution in [2.75, 3.05) is 10.7 Å². The van der Waals surface area contributed by atoms with E-state index in [4.69, 9.17) is 5.11 Å². The second kappa shape index (κ2) is 4.86. The summed E-state index contributed by atoms with van der Waals surface area (Å²) >= 11 is 2.00. The van der Waals surface area contributed by atoms with Crippen LogP contribution in [0.15, 0.2) is 16.0 Å². The molecule has 0 saturated heterocycles. The molecule has 7 nitrogen and oxygen atoms in total. The fourth-order valence-electron chi connectivity index (χ4n) is 1.24. The predicted molar refractivity (Wildman–Crippen MR) is 64.5 cm³/mol. The molecule has 0 atom stereocenters. The zero-order valence-electron chi connectivity index (χ0n) is 9.11. The van der Waals surface area contributed by atoms with E-state index in [2.05, 4.69) is 10.2 Å². The van der Waals surface area contributed by atoms with Crippen LogP contribution < -0.4 is 4.90 Å². The maximum absolute atomic E-state index is 11.7. The molecule has 1 aliphatic heterocycles. The number of carbonyl (C=O) groups excluding carboxylic acids is 2. The van der Waals surface area contributed by atoms with Crippen LogP contribution in [0.25, 0.3) is 0 Å². The number of carboxylic acid groups (broad SMARTS) is 1. The largest absolute Gasteiger partial charge is 0.481 e. The van der Waals surface area contributed by atoms with Crippen molar-refractivity contribution in [3.05, 3.63) is 11.6 Å². The molecule has 0 unspecified atom stereocenters. The quantitative estimate of drug-likeness (QED) is 0.489. The first-order valence-electron chi connectivity index (χ1n) is 4.74. The number of imide groups is 1. The van der Waals surface area contributed by atoms with E-state index in [9.17, 15) is 14.4 Å². The number of aromatic nitrogens is 2. The van der Waals surface area contributed by atoms with Crippen LogP contribution in [0.4, 0.5) is 5.13 Å². The third kappa shape index (κ3) is 2.41. The molecule has 0 fully saturated rings. The lowest BCUT2D eigenvalue weighted by atomic mass is 10.3. The lowest BCUT2D eigenvalue weighted by Gasteiger charge is -2.08. The van der Waals surface area contributed by atoms with Gasteiger partial charge in [0.2, 0.25) is 5.13 Å². The average Bonchev–Trinajstić information content (AvgIpc) is 2.83. The molecule has 94 valence electrons. The summed E-state index contributed by atoms with van der Waals surface area (Å²) in [7, 11) is 0. The van der Waals surface area contributed by atoms with E-state index in [1.165, 1.54) is 6.08 Å². The molecular weight excluding hydrogens is 278 g/mol. The summed E-state index contributed by atoms with van der Waals surface area (Å²) in [5.74, 6) is -2.00. The van der Waals surface area contributed by atoms with Gasteiger partial charge in [0.15, 0.2) is 4.34 Å².